The van der Waals surface area contributed by atoms with Gasteiger partial charge in [0.2, 0.25) is 0 Å². The van der Waals surface area contributed by atoms with Crippen LogP contribution in [0.1, 0.15) is 0 Å². The summed E-state index contributed by atoms with van der Waals surface area (Å²) in [6, 6.07) is 5.48. The average molecular weight is 173 g/mol. The Labute approximate surface area is 73.6 Å². The van der Waals surface area contributed by atoms with Gasteiger partial charge in [-0.3, -0.25) is 0 Å². The molecule has 3 rings (SSSR count). The maximum atomic E-state index is 9.81. The lowest BCUT2D eigenvalue weighted by atomic mass is 10.2. The van der Waals surface area contributed by atoms with Crippen LogP contribution in [0.5, 0.6) is 5.75 Å². The molecule has 3 aromatic rings. The molecule has 0 aliphatic rings. The van der Waals surface area contributed by atoms with E-state index in [4.69, 9.17) is 4.42 Å². The SMILES string of the molecule is Oc1c2cc[nH]c2cc2occc12. The van der Waals surface area contributed by atoms with E-state index in [1.165, 1.54) is 0 Å². The molecule has 0 spiro atoms. The van der Waals surface area contributed by atoms with Gasteiger partial charge in [0.25, 0.3) is 0 Å². The van der Waals surface area contributed by atoms with Gasteiger partial charge in [-0.15, -0.1) is 0 Å². The van der Waals surface area contributed by atoms with Gasteiger partial charge in [0, 0.05) is 17.6 Å². The predicted molar refractivity (Wildman–Crippen MR) is 49.7 cm³/mol. The number of rotatable bonds is 0. The molecule has 3 nitrogen and oxygen atoms in total. The lowest BCUT2D eigenvalue weighted by Crippen LogP contribution is -1.70. The van der Waals surface area contributed by atoms with E-state index in [0.717, 1.165) is 16.3 Å². The molecule has 2 aromatic heterocycles. The van der Waals surface area contributed by atoms with Crippen LogP contribution in [0.4, 0.5) is 0 Å². The maximum absolute atomic E-state index is 9.81. The van der Waals surface area contributed by atoms with E-state index in [1.807, 2.05) is 12.1 Å². The highest BCUT2D eigenvalue weighted by atomic mass is 16.3. The molecule has 0 aliphatic heterocycles. The number of phenols is 1. The lowest BCUT2D eigenvalue weighted by molar-refractivity contribution is 0.487. The zero-order valence-electron chi connectivity index (χ0n) is 6.74. The van der Waals surface area contributed by atoms with Gasteiger partial charge in [0.05, 0.1) is 17.2 Å². The first-order valence-electron chi connectivity index (χ1n) is 4.02. The first-order chi connectivity index (χ1) is 6.36. The fraction of sp³-hybridized carbons (Fsp3) is 0. The number of furan rings is 1. The molecule has 2 heterocycles. The quantitative estimate of drug-likeness (QED) is 0.549. The van der Waals surface area contributed by atoms with Crippen molar-refractivity contribution in [1.82, 2.24) is 4.98 Å². The van der Waals surface area contributed by atoms with Crippen LogP contribution >= 0.6 is 0 Å². The number of hydrogen-bond donors (Lipinski definition) is 2. The molecular weight excluding hydrogens is 166 g/mol. The number of fused-ring (bicyclic) bond motifs is 2. The molecule has 0 saturated heterocycles. The summed E-state index contributed by atoms with van der Waals surface area (Å²) >= 11 is 0. The third kappa shape index (κ3) is 0.731. The Hall–Kier alpha value is -1.90. The van der Waals surface area contributed by atoms with Gasteiger partial charge in [-0.1, -0.05) is 0 Å². The van der Waals surface area contributed by atoms with Crippen LogP contribution in [0.2, 0.25) is 0 Å². The first kappa shape index (κ1) is 6.60. The minimum Gasteiger partial charge on any atom is -0.506 e. The summed E-state index contributed by atoms with van der Waals surface area (Å²) in [5, 5.41) is 11.4. The number of aromatic amines is 1. The molecule has 3 heteroatoms. The smallest absolute Gasteiger partial charge is 0.139 e. The average Bonchev–Trinajstić information content (AvgIpc) is 2.71. The minimum atomic E-state index is 0.280. The Morgan fingerprint density at radius 2 is 2.15 bits per heavy atom. The number of H-pyrrole nitrogens is 1. The molecule has 0 bridgehead atoms. The Balaban J connectivity index is 2.67. The fourth-order valence-corrected chi connectivity index (χ4v) is 1.61. The van der Waals surface area contributed by atoms with Crippen LogP contribution in [0, 0.1) is 0 Å². The van der Waals surface area contributed by atoms with Gasteiger partial charge in [-0.05, 0) is 12.1 Å². The van der Waals surface area contributed by atoms with Crippen LogP contribution in [-0.4, -0.2) is 10.1 Å². The fourth-order valence-electron chi connectivity index (χ4n) is 1.61. The van der Waals surface area contributed by atoms with E-state index in [-0.39, 0.29) is 5.75 Å². The van der Waals surface area contributed by atoms with Crippen molar-refractivity contribution in [2.24, 2.45) is 0 Å². The zero-order valence-corrected chi connectivity index (χ0v) is 6.74. The van der Waals surface area contributed by atoms with E-state index in [9.17, 15) is 5.11 Å². The van der Waals surface area contributed by atoms with Gasteiger partial charge in [0.15, 0.2) is 0 Å². The normalized spacial score (nSPS) is 11.4. The van der Waals surface area contributed by atoms with Crippen molar-refractivity contribution in [2.45, 2.75) is 0 Å². The third-order valence-corrected chi connectivity index (χ3v) is 2.26. The van der Waals surface area contributed by atoms with E-state index in [1.54, 1.807) is 18.5 Å². The summed E-state index contributed by atoms with van der Waals surface area (Å²) in [5.74, 6) is 0.280. The van der Waals surface area contributed by atoms with Gasteiger partial charge in [0.1, 0.15) is 11.3 Å². The number of hydrogen-bond acceptors (Lipinski definition) is 2. The molecule has 13 heavy (non-hydrogen) atoms. The van der Waals surface area contributed by atoms with Crippen molar-refractivity contribution in [3.8, 4) is 5.75 Å². The molecular formula is C10H7NO2. The molecule has 0 amide bonds. The number of phenolic OH excluding ortho intramolecular Hbond substituents is 1. The Bertz CT molecular complexity index is 528. The third-order valence-electron chi connectivity index (χ3n) is 2.26. The number of nitrogens with one attached hydrogen (secondary N) is 1. The van der Waals surface area contributed by atoms with E-state index in [2.05, 4.69) is 4.98 Å². The highest BCUT2D eigenvalue weighted by molar-refractivity contribution is 6.01. The number of benzene rings is 1. The second kappa shape index (κ2) is 2.07. The van der Waals surface area contributed by atoms with Crippen LogP contribution in [-0.2, 0) is 0 Å². The van der Waals surface area contributed by atoms with Gasteiger partial charge in [-0.2, -0.15) is 0 Å². The molecule has 0 atom stereocenters. The van der Waals surface area contributed by atoms with Gasteiger partial charge < -0.3 is 14.5 Å². The molecule has 0 radical (unpaired) electrons. The molecule has 0 fully saturated rings. The monoisotopic (exact) mass is 173 g/mol. The molecule has 0 unspecified atom stereocenters. The van der Waals surface area contributed by atoms with Crippen LogP contribution < -0.4 is 0 Å². The topological polar surface area (TPSA) is 49.2 Å². The van der Waals surface area contributed by atoms with Gasteiger partial charge in [-0.25, -0.2) is 0 Å². The maximum Gasteiger partial charge on any atom is 0.139 e. The second-order valence-electron chi connectivity index (χ2n) is 3.00. The summed E-state index contributed by atoms with van der Waals surface area (Å²) in [6.07, 6.45) is 3.37. The summed E-state index contributed by atoms with van der Waals surface area (Å²) in [7, 11) is 0. The van der Waals surface area contributed by atoms with Gasteiger partial charge >= 0.3 is 0 Å². The standard InChI is InChI=1S/C10H7NO2/c12-10-6-1-3-11-8(6)5-9-7(10)2-4-13-9/h1-5,11-12H. The Kier molecular flexibility index (Phi) is 1.05. The van der Waals surface area contributed by atoms with Crippen LogP contribution in [0.3, 0.4) is 0 Å². The molecule has 64 valence electrons. The molecule has 1 aromatic carbocycles. The zero-order chi connectivity index (χ0) is 8.84. The number of aromatic hydroxyl groups is 1. The predicted octanol–water partition coefficient (Wildman–Crippen LogP) is 2.62. The summed E-state index contributed by atoms with van der Waals surface area (Å²) in [4.78, 5) is 3.02. The summed E-state index contributed by atoms with van der Waals surface area (Å²) in [5.41, 5.74) is 1.59. The van der Waals surface area contributed by atoms with Crippen LogP contribution in [0.15, 0.2) is 35.1 Å². The second-order valence-corrected chi connectivity index (χ2v) is 3.00. The van der Waals surface area contributed by atoms with E-state index in [0.29, 0.717) is 5.58 Å². The van der Waals surface area contributed by atoms with E-state index >= 15 is 0 Å². The molecule has 0 saturated carbocycles. The van der Waals surface area contributed by atoms with Crippen molar-refractivity contribution in [2.75, 3.05) is 0 Å². The minimum absolute atomic E-state index is 0.280. The van der Waals surface area contributed by atoms with Crippen molar-refractivity contribution >= 4 is 21.9 Å². The molecule has 2 N–H and O–H groups in total. The molecule has 0 aliphatic carbocycles. The lowest BCUT2D eigenvalue weighted by Gasteiger charge is -1.95. The van der Waals surface area contributed by atoms with Crippen molar-refractivity contribution in [3.63, 3.8) is 0 Å². The van der Waals surface area contributed by atoms with E-state index < -0.39 is 0 Å². The largest absolute Gasteiger partial charge is 0.506 e. The first-order valence-corrected chi connectivity index (χ1v) is 4.02. The highest BCUT2D eigenvalue weighted by Gasteiger charge is 2.08. The summed E-state index contributed by atoms with van der Waals surface area (Å²) < 4.78 is 5.20. The summed E-state index contributed by atoms with van der Waals surface area (Å²) in [6.45, 7) is 0. The number of aromatic nitrogens is 1. The van der Waals surface area contributed by atoms with Crippen molar-refractivity contribution < 1.29 is 9.52 Å². The Morgan fingerprint density at radius 3 is 3.08 bits per heavy atom. The van der Waals surface area contributed by atoms with Crippen LogP contribution in [0.25, 0.3) is 21.9 Å². The van der Waals surface area contributed by atoms with Crippen molar-refractivity contribution in [3.05, 3.63) is 30.7 Å². The van der Waals surface area contributed by atoms with Crippen molar-refractivity contribution in [1.29, 1.82) is 0 Å². The highest BCUT2D eigenvalue weighted by Crippen LogP contribution is 2.33. The Morgan fingerprint density at radius 1 is 1.23 bits per heavy atom.